The van der Waals surface area contributed by atoms with Crippen molar-refractivity contribution in [3.63, 3.8) is 0 Å². The predicted octanol–water partition coefficient (Wildman–Crippen LogP) is 2.03. The van der Waals surface area contributed by atoms with Gasteiger partial charge in [-0.15, -0.1) is 0 Å². The van der Waals surface area contributed by atoms with E-state index in [1.54, 1.807) is 4.90 Å². The van der Waals surface area contributed by atoms with Gasteiger partial charge in [0, 0.05) is 31.0 Å². The van der Waals surface area contributed by atoms with Crippen LogP contribution in [0.2, 0.25) is 0 Å². The summed E-state index contributed by atoms with van der Waals surface area (Å²) in [6, 6.07) is 19.3. The third kappa shape index (κ3) is 8.52. The van der Waals surface area contributed by atoms with Crippen molar-refractivity contribution in [2.24, 2.45) is 37.9 Å². The van der Waals surface area contributed by atoms with Gasteiger partial charge in [-0.05, 0) is 37.1 Å². The molecule has 0 unspecified atom stereocenters. The summed E-state index contributed by atoms with van der Waals surface area (Å²) < 4.78 is 0. The molecule has 176 valence electrons. The molecular formula is C23H34N10. The minimum absolute atomic E-state index is 0.0338. The van der Waals surface area contributed by atoms with E-state index in [9.17, 15) is 0 Å². The highest BCUT2D eigenvalue weighted by Gasteiger charge is 2.16. The zero-order valence-corrected chi connectivity index (χ0v) is 19.1. The summed E-state index contributed by atoms with van der Waals surface area (Å²) in [4.78, 5) is 16.6. The normalized spacial score (nSPS) is 10.9. The Labute approximate surface area is 195 Å². The third-order valence-electron chi connectivity index (χ3n) is 4.63. The Hall–Kier alpha value is -4.08. The molecule has 0 amide bonds. The van der Waals surface area contributed by atoms with Crippen LogP contribution in [-0.2, 0) is 0 Å². The van der Waals surface area contributed by atoms with E-state index in [1.165, 1.54) is 0 Å². The summed E-state index contributed by atoms with van der Waals surface area (Å²) in [7, 11) is 0. The molecule has 0 saturated carbocycles. The van der Waals surface area contributed by atoms with Crippen LogP contribution in [0, 0.1) is 5.41 Å². The van der Waals surface area contributed by atoms with Gasteiger partial charge in [0.1, 0.15) is 0 Å². The van der Waals surface area contributed by atoms with Crippen LogP contribution in [-0.4, -0.2) is 43.5 Å². The number of benzene rings is 2. The molecule has 0 aliphatic heterocycles. The second-order valence-corrected chi connectivity index (χ2v) is 7.26. The summed E-state index contributed by atoms with van der Waals surface area (Å²) in [5.41, 5.74) is 24.1. The first kappa shape index (κ1) is 25.2. The van der Waals surface area contributed by atoms with Crippen molar-refractivity contribution in [1.82, 2.24) is 0 Å². The summed E-state index contributed by atoms with van der Waals surface area (Å²) >= 11 is 0. The van der Waals surface area contributed by atoms with Crippen molar-refractivity contribution in [2.45, 2.75) is 26.2 Å². The van der Waals surface area contributed by atoms with Gasteiger partial charge in [0.05, 0.1) is 0 Å². The summed E-state index contributed by atoms with van der Waals surface area (Å²) in [5, 5.41) is 8.34. The minimum Gasteiger partial charge on any atom is -0.370 e. The van der Waals surface area contributed by atoms with Crippen LogP contribution in [0.3, 0.4) is 0 Å². The zero-order valence-electron chi connectivity index (χ0n) is 19.1. The molecule has 0 aliphatic carbocycles. The first-order valence-corrected chi connectivity index (χ1v) is 10.9. The van der Waals surface area contributed by atoms with Gasteiger partial charge in [-0.25, -0.2) is 0 Å². The van der Waals surface area contributed by atoms with E-state index in [-0.39, 0.29) is 17.9 Å². The maximum Gasteiger partial charge on any atom is 0.228 e. The van der Waals surface area contributed by atoms with Gasteiger partial charge >= 0.3 is 0 Å². The van der Waals surface area contributed by atoms with Crippen molar-refractivity contribution in [3.8, 4) is 0 Å². The lowest BCUT2D eigenvalue weighted by molar-refractivity contribution is 0.787. The molecule has 10 nitrogen and oxygen atoms in total. The number of rotatable bonds is 9. The molecule has 0 aliphatic rings. The number of anilines is 2. The minimum atomic E-state index is -0.162. The topological polar surface area (TPSA) is 171 Å². The van der Waals surface area contributed by atoms with Crippen molar-refractivity contribution in [1.29, 1.82) is 5.41 Å². The van der Waals surface area contributed by atoms with Gasteiger partial charge < -0.3 is 32.7 Å². The number of unbranched alkanes of at least 4 members (excludes halogenated alkanes) is 1. The molecule has 2 aromatic rings. The maximum absolute atomic E-state index is 8.34. The lowest BCUT2D eigenvalue weighted by Crippen LogP contribution is -2.38. The summed E-state index contributed by atoms with van der Waals surface area (Å²) in [5.74, 6) is 0.213. The number of para-hydroxylation sites is 2. The maximum atomic E-state index is 8.34. The lowest BCUT2D eigenvalue weighted by Gasteiger charge is -2.27. The van der Waals surface area contributed by atoms with Gasteiger partial charge in [-0.2, -0.15) is 9.98 Å². The van der Waals surface area contributed by atoms with Crippen molar-refractivity contribution >= 4 is 35.2 Å². The number of hydrogen-bond donors (Lipinski definition) is 5. The lowest BCUT2D eigenvalue weighted by atomic mass is 10.2. The number of nitrogens with zero attached hydrogens (tertiary/aromatic N) is 5. The molecule has 2 aromatic carbocycles. The van der Waals surface area contributed by atoms with Crippen LogP contribution in [0.4, 0.5) is 11.4 Å². The molecule has 0 aromatic heterocycles. The molecule has 0 atom stereocenters. The largest absolute Gasteiger partial charge is 0.370 e. The quantitative estimate of drug-likeness (QED) is 0.222. The fourth-order valence-electron chi connectivity index (χ4n) is 3.12. The van der Waals surface area contributed by atoms with Crippen LogP contribution in [0.1, 0.15) is 26.2 Å². The van der Waals surface area contributed by atoms with Crippen LogP contribution < -0.4 is 32.7 Å². The van der Waals surface area contributed by atoms with E-state index in [4.69, 9.17) is 28.3 Å². The smallest absolute Gasteiger partial charge is 0.228 e. The van der Waals surface area contributed by atoms with Crippen molar-refractivity contribution < 1.29 is 0 Å². The number of aliphatic imine (C=N–C) groups is 3. The van der Waals surface area contributed by atoms with E-state index < -0.39 is 0 Å². The Morgan fingerprint density at radius 2 is 1.27 bits per heavy atom. The highest BCUT2D eigenvalue weighted by molar-refractivity contribution is 6.03. The summed E-state index contributed by atoms with van der Waals surface area (Å²) in [6.45, 7) is 3.78. The average molecular weight is 451 g/mol. The van der Waals surface area contributed by atoms with Crippen LogP contribution >= 0.6 is 0 Å². The molecule has 0 saturated heterocycles. The highest BCUT2D eigenvalue weighted by atomic mass is 15.3. The van der Waals surface area contributed by atoms with E-state index in [1.807, 2.05) is 65.6 Å². The van der Waals surface area contributed by atoms with Crippen molar-refractivity contribution in [2.75, 3.05) is 29.4 Å². The molecule has 2 rings (SSSR count). The Morgan fingerprint density at radius 1 is 0.758 bits per heavy atom. The second kappa shape index (κ2) is 13.4. The Bertz CT molecular complexity index is 946. The average Bonchev–Trinajstić information content (AvgIpc) is 2.79. The Balaban J connectivity index is 2.28. The molecule has 0 radical (unpaired) electrons. The highest BCUT2D eigenvalue weighted by Crippen LogP contribution is 2.18. The fourth-order valence-corrected chi connectivity index (χ4v) is 3.12. The van der Waals surface area contributed by atoms with Gasteiger partial charge in [0.15, 0.2) is 11.9 Å². The number of nitrogens with one attached hydrogen (secondary N) is 1. The van der Waals surface area contributed by atoms with Crippen LogP contribution in [0.25, 0.3) is 0 Å². The third-order valence-corrected chi connectivity index (χ3v) is 4.63. The molecule has 0 spiro atoms. The molecular weight excluding hydrogens is 416 g/mol. The van der Waals surface area contributed by atoms with Gasteiger partial charge in [-0.1, -0.05) is 49.7 Å². The summed E-state index contributed by atoms with van der Waals surface area (Å²) in [6.07, 6.45) is 2.60. The Morgan fingerprint density at radius 3 is 1.79 bits per heavy atom. The first-order chi connectivity index (χ1) is 15.9. The van der Waals surface area contributed by atoms with Gasteiger partial charge in [0.2, 0.25) is 11.9 Å². The van der Waals surface area contributed by atoms with Gasteiger partial charge in [-0.3, -0.25) is 10.4 Å². The molecule has 9 N–H and O–H groups in total. The number of nitrogens with two attached hydrogens (primary N) is 4. The number of hydrogen-bond acceptors (Lipinski definition) is 2. The fraction of sp³-hybridized carbons (Fsp3) is 0.304. The first-order valence-electron chi connectivity index (χ1n) is 10.9. The Kier molecular flexibility index (Phi) is 10.2. The van der Waals surface area contributed by atoms with Gasteiger partial charge in [0.25, 0.3) is 0 Å². The van der Waals surface area contributed by atoms with Crippen molar-refractivity contribution in [3.05, 3.63) is 60.7 Å². The standard InChI is InChI=1S/C23H34N10/c1-2-3-15-29-23(31-21(26)27)33(19-13-8-5-9-14-19)17-10-16-32(22(28)30-20(24)25)18-11-6-4-7-12-18/h4-9,11-14H,2-3,10,15-17H2,1H3,(H5,24,25,28,30)(H4,26,27,29,31). The molecule has 0 bridgehead atoms. The number of guanidine groups is 4. The second-order valence-electron chi connectivity index (χ2n) is 7.26. The van der Waals surface area contributed by atoms with Crippen LogP contribution in [0.15, 0.2) is 75.6 Å². The van der Waals surface area contributed by atoms with E-state index in [0.29, 0.717) is 32.0 Å². The van der Waals surface area contributed by atoms with E-state index >= 15 is 0 Å². The van der Waals surface area contributed by atoms with Crippen LogP contribution in [0.5, 0.6) is 0 Å². The van der Waals surface area contributed by atoms with E-state index in [0.717, 1.165) is 24.2 Å². The monoisotopic (exact) mass is 450 g/mol. The van der Waals surface area contributed by atoms with E-state index in [2.05, 4.69) is 21.9 Å². The molecule has 33 heavy (non-hydrogen) atoms. The SMILES string of the molecule is CCCCN=C(N=C(N)N)N(CCCN(C(=N)N=C(N)N)c1ccccc1)c1ccccc1. The molecule has 0 fully saturated rings. The predicted molar refractivity (Wildman–Crippen MR) is 139 cm³/mol. The molecule has 10 heteroatoms. The molecule has 0 heterocycles. The zero-order chi connectivity index (χ0) is 24.1.